The maximum Gasteiger partial charge on any atom is 0.109 e. The molecule has 2 rings (SSSR count). The maximum atomic E-state index is 9.81. The topological polar surface area (TPSA) is 48.9 Å². The Morgan fingerprint density at radius 3 is 3.00 bits per heavy atom. The van der Waals surface area contributed by atoms with E-state index < -0.39 is 6.10 Å². The zero-order valence-electron chi connectivity index (χ0n) is 6.57. The van der Waals surface area contributed by atoms with Gasteiger partial charge in [0, 0.05) is 17.3 Å². The van der Waals surface area contributed by atoms with E-state index in [1.54, 1.807) is 12.4 Å². The Morgan fingerprint density at radius 2 is 2.46 bits per heavy atom. The lowest BCUT2D eigenvalue weighted by Crippen LogP contribution is -1.96. The molecule has 0 aliphatic heterocycles. The molecule has 1 atom stereocenters. The van der Waals surface area contributed by atoms with Crippen molar-refractivity contribution in [2.75, 3.05) is 0 Å². The Kier molecular flexibility index (Phi) is 2.35. The number of nitrogens with one attached hydrogen (secondary N) is 1. The molecular weight excluding hydrogens is 208 g/mol. The van der Waals surface area contributed by atoms with Gasteiger partial charge in [-0.05, 0) is 11.4 Å². The normalized spacial score (nSPS) is 13.1. The minimum Gasteiger partial charge on any atom is -0.383 e. The molecule has 5 heteroatoms. The summed E-state index contributed by atoms with van der Waals surface area (Å²) in [5.41, 5.74) is 1.45. The summed E-state index contributed by atoms with van der Waals surface area (Å²) in [7, 11) is 0. The highest BCUT2D eigenvalue weighted by Gasteiger charge is 2.15. The lowest BCUT2D eigenvalue weighted by Gasteiger charge is -2.05. The van der Waals surface area contributed by atoms with Crippen molar-refractivity contribution in [3.8, 4) is 0 Å². The number of hydrogen-bond acceptors (Lipinski definition) is 3. The number of nitrogens with zero attached hydrogens (tertiary/aromatic N) is 1. The minimum absolute atomic E-state index is 0.619. The van der Waals surface area contributed by atoms with Gasteiger partial charge < -0.3 is 5.11 Å². The van der Waals surface area contributed by atoms with Crippen molar-refractivity contribution in [3.05, 3.63) is 39.3 Å². The van der Waals surface area contributed by atoms with Crippen LogP contribution in [0.5, 0.6) is 0 Å². The number of rotatable bonds is 2. The molecule has 0 amide bonds. The second kappa shape index (κ2) is 3.49. The van der Waals surface area contributed by atoms with Crippen molar-refractivity contribution in [2.24, 2.45) is 0 Å². The van der Waals surface area contributed by atoms with Crippen LogP contribution in [0.25, 0.3) is 0 Å². The van der Waals surface area contributed by atoms with Gasteiger partial charge in [-0.25, -0.2) is 0 Å². The molecule has 0 radical (unpaired) electrons. The molecule has 68 valence electrons. The number of thiophene rings is 1. The summed E-state index contributed by atoms with van der Waals surface area (Å²) in [5.74, 6) is 0. The zero-order chi connectivity index (χ0) is 9.26. The highest BCUT2D eigenvalue weighted by molar-refractivity contribution is 7.14. The molecule has 0 aliphatic carbocycles. The van der Waals surface area contributed by atoms with Crippen LogP contribution in [-0.2, 0) is 0 Å². The van der Waals surface area contributed by atoms with Gasteiger partial charge in [-0.1, -0.05) is 11.6 Å². The van der Waals surface area contributed by atoms with Gasteiger partial charge in [-0.15, -0.1) is 11.3 Å². The summed E-state index contributed by atoms with van der Waals surface area (Å²) in [5, 5.41) is 18.1. The van der Waals surface area contributed by atoms with Gasteiger partial charge >= 0.3 is 0 Å². The number of halogens is 1. The fourth-order valence-electron chi connectivity index (χ4n) is 1.09. The first-order valence-corrected chi connectivity index (χ1v) is 4.94. The fourth-order valence-corrected chi connectivity index (χ4v) is 2.06. The molecular formula is C8H7ClN2OS. The number of aliphatic hydroxyl groups excluding tert-OH is 1. The average molecular weight is 215 g/mol. The molecule has 0 saturated carbocycles. The molecule has 0 spiro atoms. The number of aliphatic hydroxyl groups is 1. The summed E-state index contributed by atoms with van der Waals surface area (Å²) < 4.78 is 0.619. The second-order valence-electron chi connectivity index (χ2n) is 2.58. The largest absolute Gasteiger partial charge is 0.383 e. The SMILES string of the molecule is OC(c1cn[nH]c1)c1ccsc1Cl. The predicted molar refractivity (Wildman–Crippen MR) is 52.0 cm³/mol. The van der Waals surface area contributed by atoms with Crippen LogP contribution in [0, 0.1) is 0 Å². The van der Waals surface area contributed by atoms with Crippen LogP contribution >= 0.6 is 22.9 Å². The van der Waals surface area contributed by atoms with Crippen LogP contribution in [-0.4, -0.2) is 15.3 Å². The van der Waals surface area contributed by atoms with Crippen LogP contribution in [0.3, 0.4) is 0 Å². The van der Waals surface area contributed by atoms with Crippen LogP contribution in [0.4, 0.5) is 0 Å². The number of aromatic nitrogens is 2. The van der Waals surface area contributed by atoms with E-state index >= 15 is 0 Å². The zero-order valence-corrected chi connectivity index (χ0v) is 8.14. The molecule has 2 aromatic rings. The van der Waals surface area contributed by atoms with E-state index in [1.165, 1.54) is 11.3 Å². The average Bonchev–Trinajstić information content (AvgIpc) is 2.72. The molecule has 0 aliphatic rings. The van der Waals surface area contributed by atoms with Crippen molar-refractivity contribution < 1.29 is 5.11 Å². The van der Waals surface area contributed by atoms with Crippen molar-refractivity contribution in [1.82, 2.24) is 10.2 Å². The molecule has 0 aromatic carbocycles. The molecule has 2 heterocycles. The van der Waals surface area contributed by atoms with Gasteiger partial charge in [0.15, 0.2) is 0 Å². The summed E-state index contributed by atoms with van der Waals surface area (Å²) >= 11 is 7.28. The Labute approximate surface area is 84.0 Å². The Morgan fingerprint density at radius 1 is 1.62 bits per heavy atom. The van der Waals surface area contributed by atoms with Gasteiger partial charge in [0.1, 0.15) is 6.10 Å². The van der Waals surface area contributed by atoms with E-state index in [-0.39, 0.29) is 0 Å². The maximum absolute atomic E-state index is 9.81. The van der Waals surface area contributed by atoms with Crippen LogP contribution in [0.1, 0.15) is 17.2 Å². The van der Waals surface area contributed by atoms with Gasteiger partial charge in [0.05, 0.1) is 10.5 Å². The van der Waals surface area contributed by atoms with Crippen LogP contribution < -0.4 is 0 Å². The van der Waals surface area contributed by atoms with E-state index in [2.05, 4.69) is 10.2 Å². The van der Waals surface area contributed by atoms with E-state index in [1.807, 2.05) is 11.4 Å². The molecule has 0 fully saturated rings. The highest BCUT2D eigenvalue weighted by Crippen LogP contribution is 2.31. The summed E-state index contributed by atoms with van der Waals surface area (Å²) in [4.78, 5) is 0. The predicted octanol–water partition coefficient (Wildman–Crippen LogP) is 2.21. The molecule has 2 aromatic heterocycles. The third kappa shape index (κ3) is 1.60. The fraction of sp³-hybridized carbons (Fsp3) is 0.125. The van der Waals surface area contributed by atoms with Crippen LogP contribution in [0.15, 0.2) is 23.8 Å². The standard InChI is InChI=1S/C8H7ClN2OS/c9-8-6(1-2-13-8)7(12)5-3-10-11-4-5/h1-4,7,12H,(H,10,11). The van der Waals surface area contributed by atoms with E-state index in [4.69, 9.17) is 11.6 Å². The van der Waals surface area contributed by atoms with Gasteiger partial charge in [-0.3, -0.25) is 5.10 Å². The molecule has 0 saturated heterocycles. The Hall–Kier alpha value is -0.840. The molecule has 3 nitrogen and oxygen atoms in total. The van der Waals surface area contributed by atoms with Crippen molar-refractivity contribution in [3.63, 3.8) is 0 Å². The number of H-pyrrole nitrogens is 1. The van der Waals surface area contributed by atoms with Gasteiger partial charge in [-0.2, -0.15) is 5.10 Å². The molecule has 0 bridgehead atoms. The van der Waals surface area contributed by atoms with E-state index in [9.17, 15) is 5.11 Å². The third-order valence-corrected chi connectivity index (χ3v) is 2.98. The molecule has 1 unspecified atom stereocenters. The van der Waals surface area contributed by atoms with Gasteiger partial charge in [0.2, 0.25) is 0 Å². The lowest BCUT2D eigenvalue weighted by molar-refractivity contribution is 0.221. The summed E-state index contributed by atoms with van der Waals surface area (Å²) in [6.07, 6.45) is 2.55. The monoisotopic (exact) mass is 214 g/mol. The number of aromatic amines is 1. The third-order valence-electron chi connectivity index (χ3n) is 1.78. The first kappa shape index (κ1) is 8.74. The van der Waals surface area contributed by atoms with E-state index in [0.29, 0.717) is 4.34 Å². The van der Waals surface area contributed by atoms with Gasteiger partial charge in [0.25, 0.3) is 0 Å². The van der Waals surface area contributed by atoms with Crippen molar-refractivity contribution >= 4 is 22.9 Å². The summed E-state index contributed by atoms with van der Waals surface area (Å²) in [6.45, 7) is 0. The molecule has 2 N–H and O–H groups in total. The molecule has 13 heavy (non-hydrogen) atoms. The number of hydrogen-bond donors (Lipinski definition) is 2. The minimum atomic E-state index is -0.683. The van der Waals surface area contributed by atoms with Crippen LogP contribution in [0.2, 0.25) is 4.34 Å². The highest BCUT2D eigenvalue weighted by atomic mass is 35.5. The van der Waals surface area contributed by atoms with E-state index in [0.717, 1.165) is 11.1 Å². The van der Waals surface area contributed by atoms with Crippen molar-refractivity contribution in [2.45, 2.75) is 6.10 Å². The smallest absolute Gasteiger partial charge is 0.109 e. The quantitative estimate of drug-likeness (QED) is 0.805. The Balaban J connectivity index is 2.33. The second-order valence-corrected chi connectivity index (χ2v) is 4.10. The first-order valence-electron chi connectivity index (χ1n) is 3.68. The lowest BCUT2D eigenvalue weighted by atomic mass is 10.1. The first-order chi connectivity index (χ1) is 6.29. The van der Waals surface area contributed by atoms with Crippen molar-refractivity contribution in [1.29, 1.82) is 0 Å². The Bertz CT molecular complexity index is 385. The summed E-state index contributed by atoms with van der Waals surface area (Å²) in [6, 6.07) is 1.81.